The smallest absolute Gasteiger partial charge is 0.168 e. The summed E-state index contributed by atoms with van der Waals surface area (Å²) in [6.07, 6.45) is 0. The van der Waals surface area contributed by atoms with Gasteiger partial charge < -0.3 is 20.9 Å². The molecule has 2 rings (SSSR count). The van der Waals surface area contributed by atoms with Crippen molar-refractivity contribution in [3.8, 4) is 22.6 Å². The van der Waals surface area contributed by atoms with Gasteiger partial charge in [0, 0.05) is 12.1 Å². The molecule has 4 nitrogen and oxygen atoms in total. The molecule has 2 aromatic carbocycles. The van der Waals surface area contributed by atoms with Gasteiger partial charge in [-0.3, -0.25) is 0 Å². The number of nitrogens with two attached hydrogens (primary N) is 2. The topological polar surface area (TPSA) is 70.5 Å². The van der Waals surface area contributed by atoms with Crippen molar-refractivity contribution in [1.29, 1.82) is 0 Å². The fourth-order valence-electron chi connectivity index (χ4n) is 2.07. The summed E-state index contributed by atoms with van der Waals surface area (Å²) in [5.41, 5.74) is 14.8. The molecule has 2 aromatic rings. The Morgan fingerprint density at radius 1 is 1.10 bits per heavy atom. The lowest BCUT2D eigenvalue weighted by molar-refractivity contribution is 0.355. The van der Waals surface area contributed by atoms with Crippen molar-refractivity contribution in [2.24, 2.45) is 5.73 Å². The SMILES string of the molecule is COc1cc(CN)cc(-c2ccc(Cl)c(N)c2)c1OC. The molecule has 0 spiro atoms. The van der Waals surface area contributed by atoms with Gasteiger partial charge in [-0.15, -0.1) is 0 Å². The van der Waals surface area contributed by atoms with Gasteiger partial charge in [-0.05, 0) is 35.4 Å². The number of hydrogen-bond acceptors (Lipinski definition) is 4. The van der Waals surface area contributed by atoms with E-state index in [0.717, 1.165) is 16.7 Å². The van der Waals surface area contributed by atoms with E-state index < -0.39 is 0 Å². The van der Waals surface area contributed by atoms with Crippen LogP contribution in [0.2, 0.25) is 5.02 Å². The van der Waals surface area contributed by atoms with Gasteiger partial charge >= 0.3 is 0 Å². The Labute approximate surface area is 123 Å². The van der Waals surface area contributed by atoms with Crippen LogP contribution in [0, 0.1) is 0 Å². The third kappa shape index (κ3) is 2.66. The van der Waals surface area contributed by atoms with Gasteiger partial charge in [-0.1, -0.05) is 17.7 Å². The first kappa shape index (κ1) is 14.5. The Balaban J connectivity index is 2.67. The van der Waals surface area contributed by atoms with Crippen molar-refractivity contribution < 1.29 is 9.47 Å². The van der Waals surface area contributed by atoms with Crippen LogP contribution in [0.4, 0.5) is 5.69 Å². The van der Waals surface area contributed by atoms with Crippen LogP contribution in [0.5, 0.6) is 11.5 Å². The molecular formula is C15H17ClN2O2. The monoisotopic (exact) mass is 292 g/mol. The van der Waals surface area contributed by atoms with E-state index in [2.05, 4.69) is 0 Å². The number of benzene rings is 2. The van der Waals surface area contributed by atoms with Crippen molar-refractivity contribution in [3.63, 3.8) is 0 Å². The minimum Gasteiger partial charge on any atom is -0.493 e. The maximum atomic E-state index is 5.96. The average Bonchev–Trinajstić information content (AvgIpc) is 2.48. The summed E-state index contributed by atoms with van der Waals surface area (Å²) in [4.78, 5) is 0. The van der Waals surface area contributed by atoms with Crippen molar-refractivity contribution >= 4 is 17.3 Å². The molecule has 0 aliphatic heterocycles. The second-order valence-electron chi connectivity index (χ2n) is 4.32. The molecule has 0 bridgehead atoms. The lowest BCUT2D eigenvalue weighted by Gasteiger charge is -2.15. The third-order valence-corrected chi connectivity index (χ3v) is 3.43. The lowest BCUT2D eigenvalue weighted by atomic mass is 10.0. The highest BCUT2D eigenvalue weighted by atomic mass is 35.5. The Bertz CT molecular complexity index is 630. The summed E-state index contributed by atoms with van der Waals surface area (Å²) in [6.45, 7) is 0.413. The zero-order valence-electron chi connectivity index (χ0n) is 11.4. The van der Waals surface area contributed by atoms with E-state index in [1.807, 2.05) is 18.2 Å². The van der Waals surface area contributed by atoms with Crippen molar-refractivity contribution in [1.82, 2.24) is 0 Å². The number of methoxy groups -OCH3 is 2. The first-order chi connectivity index (χ1) is 9.60. The van der Waals surface area contributed by atoms with Crippen LogP contribution in [0.3, 0.4) is 0 Å². The standard InChI is InChI=1S/C15H17ClN2O2/c1-19-14-6-9(8-17)5-11(15(14)20-2)10-3-4-12(16)13(18)7-10/h3-7H,8,17-18H2,1-2H3. The molecule has 106 valence electrons. The molecule has 0 fully saturated rings. The van der Waals surface area contributed by atoms with Crippen LogP contribution in [0.15, 0.2) is 30.3 Å². The summed E-state index contributed by atoms with van der Waals surface area (Å²) >= 11 is 5.96. The Kier molecular flexibility index (Phi) is 4.37. The quantitative estimate of drug-likeness (QED) is 0.850. The number of anilines is 1. The van der Waals surface area contributed by atoms with E-state index >= 15 is 0 Å². The molecule has 20 heavy (non-hydrogen) atoms. The zero-order valence-corrected chi connectivity index (χ0v) is 12.2. The van der Waals surface area contributed by atoms with Crippen LogP contribution < -0.4 is 20.9 Å². The van der Waals surface area contributed by atoms with Crippen molar-refractivity contribution in [3.05, 3.63) is 40.9 Å². The van der Waals surface area contributed by atoms with E-state index in [4.69, 9.17) is 32.5 Å². The third-order valence-electron chi connectivity index (χ3n) is 3.08. The fraction of sp³-hybridized carbons (Fsp3) is 0.200. The van der Waals surface area contributed by atoms with Gasteiger partial charge in [-0.2, -0.15) is 0 Å². The molecule has 0 saturated heterocycles. The zero-order chi connectivity index (χ0) is 14.7. The van der Waals surface area contributed by atoms with E-state index in [1.165, 1.54) is 0 Å². The Morgan fingerprint density at radius 2 is 1.85 bits per heavy atom. The highest BCUT2D eigenvalue weighted by Crippen LogP contribution is 2.40. The molecule has 0 unspecified atom stereocenters. The van der Waals surface area contributed by atoms with Gasteiger partial charge in [0.25, 0.3) is 0 Å². The molecule has 0 radical (unpaired) electrons. The van der Waals surface area contributed by atoms with Crippen molar-refractivity contribution in [2.75, 3.05) is 20.0 Å². The van der Waals surface area contributed by atoms with Gasteiger partial charge in [-0.25, -0.2) is 0 Å². The first-order valence-corrected chi connectivity index (χ1v) is 6.48. The van der Waals surface area contributed by atoms with Crippen LogP contribution in [-0.2, 0) is 6.54 Å². The van der Waals surface area contributed by atoms with E-state index in [0.29, 0.717) is 28.8 Å². The van der Waals surface area contributed by atoms with E-state index in [-0.39, 0.29) is 0 Å². The first-order valence-electron chi connectivity index (χ1n) is 6.11. The number of hydrogen-bond donors (Lipinski definition) is 2. The van der Waals surface area contributed by atoms with Crippen LogP contribution >= 0.6 is 11.6 Å². The van der Waals surface area contributed by atoms with Gasteiger partial charge in [0.1, 0.15) is 0 Å². The second kappa shape index (κ2) is 6.03. The number of nitrogen functional groups attached to an aromatic ring is 1. The molecule has 5 heteroatoms. The van der Waals surface area contributed by atoms with Crippen LogP contribution in [0.25, 0.3) is 11.1 Å². The summed E-state index contributed by atoms with van der Waals surface area (Å²) in [7, 11) is 3.20. The highest BCUT2D eigenvalue weighted by Gasteiger charge is 2.14. The minimum absolute atomic E-state index is 0.413. The fourth-order valence-corrected chi connectivity index (χ4v) is 2.18. The number of halogens is 1. The normalized spacial score (nSPS) is 10.4. The summed E-state index contributed by atoms with van der Waals surface area (Å²) in [5, 5.41) is 0.523. The van der Waals surface area contributed by atoms with E-state index in [1.54, 1.807) is 26.4 Å². The summed E-state index contributed by atoms with van der Waals surface area (Å²) < 4.78 is 10.8. The predicted molar refractivity (Wildman–Crippen MR) is 82.3 cm³/mol. The molecule has 0 amide bonds. The maximum Gasteiger partial charge on any atom is 0.168 e. The molecule has 4 N–H and O–H groups in total. The summed E-state index contributed by atoms with van der Waals surface area (Å²) in [5.74, 6) is 1.28. The predicted octanol–water partition coefficient (Wildman–Crippen LogP) is 3.07. The van der Waals surface area contributed by atoms with Crippen LogP contribution in [0.1, 0.15) is 5.56 Å². The minimum atomic E-state index is 0.413. The molecule has 0 atom stereocenters. The molecular weight excluding hydrogens is 276 g/mol. The summed E-state index contributed by atoms with van der Waals surface area (Å²) in [6, 6.07) is 9.27. The highest BCUT2D eigenvalue weighted by molar-refractivity contribution is 6.33. The molecule has 0 aliphatic carbocycles. The molecule has 0 heterocycles. The van der Waals surface area contributed by atoms with Gasteiger partial charge in [0.05, 0.1) is 24.9 Å². The number of ether oxygens (including phenoxy) is 2. The van der Waals surface area contributed by atoms with E-state index in [9.17, 15) is 0 Å². The molecule has 0 aliphatic rings. The Morgan fingerprint density at radius 3 is 2.40 bits per heavy atom. The van der Waals surface area contributed by atoms with Crippen molar-refractivity contribution in [2.45, 2.75) is 6.54 Å². The second-order valence-corrected chi connectivity index (χ2v) is 4.73. The van der Waals surface area contributed by atoms with Gasteiger partial charge in [0.15, 0.2) is 11.5 Å². The lowest BCUT2D eigenvalue weighted by Crippen LogP contribution is -2.00. The van der Waals surface area contributed by atoms with Gasteiger partial charge in [0.2, 0.25) is 0 Å². The molecule has 0 aromatic heterocycles. The van der Waals surface area contributed by atoms with Crippen LogP contribution in [-0.4, -0.2) is 14.2 Å². The maximum absolute atomic E-state index is 5.96. The molecule has 0 saturated carbocycles. The number of rotatable bonds is 4. The Hall–Kier alpha value is -1.91. The average molecular weight is 293 g/mol. The largest absolute Gasteiger partial charge is 0.493 e.